The summed E-state index contributed by atoms with van der Waals surface area (Å²) in [5.41, 5.74) is 1.64. The summed E-state index contributed by atoms with van der Waals surface area (Å²) >= 11 is 0. The lowest BCUT2D eigenvalue weighted by Crippen LogP contribution is -2.47. The van der Waals surface area contributed by atoms with Crippen LogP contribution in [0.25, 0.3) is 0 Å². The number of para-hydroxylation sites is 1. The van der Waals surface area contributed by atoms with Gasteiger partial charge in [0.05, 0.1) is 0 Å². The van der Waals surface area contributed by atoms with Crippen molar-refractivity contribution in [2.45, 2.75) is 58.1 Å². The van der Waals surface area contributed by atoms with Crippen molar-refractivity contribution in [2.24, 2.45) is 0 Å². The Morgan fingerprint density at radius 3 is 2.44 bits per heavy atom. The second-order valence-electron chi connectivity index (χ2n) is 5.27. The van der Waals surface area contributed by atoms with Crippen LogP contribution < -0.4 is 10.1 Å². The molecule has 0 bridgehead atoms. The molecule has 2 nitrogen and oxygen atoms in total. The van der Waals surface area contributed by atoms with Gasteiger partial charge in [0.1, 0.15) is 11.9 Å². The molecule has 1 atom stereocenters. The predicted molar refractivity (Wildman–Crippen MR) is 76.2 cm³/mol. The van der Waals surface area contributed by atoms with Gasteiger partial charge in [-0.15, -0.1) is 0 Å². The van der Waals surface area contributed by atoms with Gasteiger partial charge < -0.3 is 10.1 Å². The molecule has 1 N–H and O–H groups in total. The first-order valence-electron chi connectivity index (χ1n) is 7.22. The first-order valence-corrected chi connectivity index (χ1v) is 7.22. The quantitative estimate of drug-likeness (QED) is 0.830. The fourth-order valence-corrected chi connectivity index (χ4v) is 2.82. The number of hydrogen-bond donors (Lipinski definition) is 1. The first kappa shape index (κ1) is 13.4. The van der Waals surface area contributed by atoms with Gasteiger partial charge in [0.25, 0.3) is 0 Å². The molecule has 0 aromatic heterocycles. The SMILES string of the molecule is CCC(CC)(CC)NCC1Cc2ccccc2O1. The molecular weight excluding hydrogens is 222 g/mol. The molecule has 0 saturated heterocycles. The minimum Gasteiger partial charge on any atom is -0.488 e. The third-order valence-corrected chi connectivity index (χ3v) is 4.45. The van der Waals surface area contributed by atoms with Gasteiger partial charge in [-0.3, -0.25) is 0 Å². The van der Waals surface area contributed by atoms with E-state index in [1.165, 1.54) is 24.8 Å². The second kappa shape index (κ2) is 5.75. The van der Waals surface area contributed by atoms with Crippen LogP contribution in [-0.2, 0) is 6.42 Å². The van der Waals surface area contributed by atoms with E-state index in [9.17, 15) is 0 Å². The van der Waals surface area contributed by atoms with Crippen molar-refractivity contribution in [1.82, 2.24) is 5.32 Å². The molecule has 1 aromatic carbocycles. The summed E-state index contributed by atoms with van der Waals surface area (Å²) < 4.78 is 5.97. The number of fused-ring (bicyclic) bond motifs is 1. The Kier molecular flexibility index (Phi) is 4.28. The Morgan fingerprint density at radius 1 is 1.17 bits per heavy atom. The van der Waals surface area contributed by atoms with Crippen LogP contribution in [0, 0.1) is 0 Å². The molecule has 2 rings (SSSR count). The first-order chi connectivity index (χ1) is 8.73. The Bertz CT molecular complexity index is 351. The maximum absolute atomic E-state index is 5.97. The van der Waals surface area contributed by atoms with Gasteiger partial charge in [-0.25, -0.2) is 0 Å². The third-order valence-electron chi connectivity index (χ3n) is 4.45. The summed E-state index contributed by atoms with van der Waals surface area (Å²) in [5, 5.41) is 3.73. The van der Waals surface area contributed by atoms with Gasteiger partial charge >= 0.3 is 0 Å². The average molecular weight is 247 g/mol. The zero-order valence-electron chi connectivity index (χ0n) is 11.8. The molecule has 1 aliphatic rings. The van der Waals surface area contributed by atoms with Gasteiger partial charge in [0, 0.05) is 18.5 Å². The van der Waals surface area contributed by atoms with Crippen LogP contribution in [0.4, 0.5) is 0 Å². The zero-order valence-corrected chi connectivity index (χ0v) is 11.8. The smallest absolute Gasteiger partial charge is 0.123 e. The number of nitrogens with one attached hydrogen (secondary N) is 1. The predicted octanol–water partition coefficient (Wildman–Crippen LogP) is 3.55. The van der Waals surface area contributed by atoms with E-state index >= 15 is 0 Å². The van der Waals surface area contributed by atoms with Crippen molar-refractivity contribution < 1.29 is 4.74 Å². The monoisotopic (exact) mass is 247 g/mol. The summed E-state index contributed by atoms with van der Waals surface area (Å²) in [5.74, 6) is 1.07. The topological polar surface area (TPSA) is 21.3 Å². The van der Waals surface area contributed by atoms with E-state index in [2.05, 4.69) is 44.3 Å². The number of hydrogen-bond acceptors (Lipinski definition) is 2. The maximum atomic E-state index is 5.97. The lowest BCUT2D eigenvalue weighted by molar-refractivity contribution is 0.191. The minimum atomic E-state index is 0.290. The lowest BCUT2D eigenvalue weighted by Gasteiger charge is -2.33. The number of rotatable bonds is 6. The van der Waals surface area contributed by atoms with E-state index in [1.54, 1.807) is 0 Å². The number of ether oxygens (including phenoxy) is 1. The minimum absolute atomic E-state index is 0.290. The molecule has 0 saturated carbocycles. The largest absolute Gasteiger partial charge is 0.488 e. The highest BCUT2D eigenvalue weighted by Gasteiger charge is 2.27. The van der Waals surface area contributed by atoms with E-state index < -0.39 is 0 Å². The van der Waals surface area contributed by atoms with Crippen LogP contribution in [-0.4, -0.2) is 18.2 Å². The summed E-state index contributed by atoms with van der Waals surface area (Å²) in [6.07, 6.45) is 4.88. The van der Waals surface area contributed by atoms with Crippen LogP contribution in [0.1, 0.15) is 45.6 Å². The van der Waals surface area contributed by atoms with Gasteiger partial charge in [-0.1, -0.05) is 39.0 Å². The van der Waals surface area contributed by atoms with Crippen molar-refractivity contribution in [2.75, 3.05) is 6.54 Å². The molecule has 1 aromatic rings. The Balaban J connectivity index is 1.90. The van der Waals surface area contributed by atoms with Crippen molar-refractivity contribution in [1.29, 1.82) is 0 Å². The molecule has 0 fully saturated rings. The molecule has 1 unspecified atom stereocenters. The van der Waals surface area contributed by atoms with E-state index in [0.717, 1.165) is 18.7 Å². The van der Waals surface area contributed by atoms with Gasteiger partial charge in [0.2, 0.25) is 0 Å². The van der Waals surface area contributed by atoms with E-state index in [-0.39, 0.29) is 5.54 Å². The number of benzene rings is 1. The highest BCUT2D eigenvalue weighted by molar-refractivity contribution is 5.37. The third kappa shape index (κ3) is 2.69. The summed E-state index contributed by atoms with van der Waals surface area (Å²) in [7, 11) is 0. The van der Waals surface area contributed by atoms with Crippen molar-refractivity contribution >= 4 is 0 Å². The summed E-state index contributed by atoms with van der Waals surface area (Å²) in [6, 6.07) is 8.37. The fraction of sp³-hybridized carbons (Fsp3) is 0.625. The Morgan fingerprint density at radius 2 is 1.83 bits per heavy atom. The van der Waals surface area contributed by atoms with Crippen LogP contribution in [0.2, 0.25) is 0 Å². The van der Waals surface area contributed by atoms with E-state index in [4.69, 9.17) is 4.74 Å². The summed E-state index contributed by atoms with van der Waals surface area (Å²) in [4.78, 5) is 0. The summed E-state index contributed by atoms with van der Waals surface area (Å²) in [6.45, 7) is 7.75. The van der Waals surface area contributed by atoms with Crippen molar-refractivity contribution in [3.8, 4) is 5.75 Å². The molecule has 18 heavy (non-hydrogen) atoms. The van der Waals surface area contributed by atoms with E-state index in [1.807, 2.05) is 6.07 Å². The molecular formula is C16H25NO. The van der Waals surface area contributed by atoms with Crippen LogP contribution in [0.3, 0.4) is 0 Å². The molecule has 0 radical (unpaired) electrons. The maximum Gasteiger partial charge on any atom is 0.123 e. The molecule has 2 heteroatoms. The van der Waals surface area contributed by atoms with Crippen molar-refractivity contribution in [3.05, 3.63) is 29.8 Å². The highest BCUT2D eigenvalue weighted by Crippen LogP contribution is 2.28. The molecule has 1 heterocycles. The standard InChI is InChI=1S/C16H25NO/c1-4-16(5-2,6-3)17-12-14-11-13-9-7-8-10-15(13)18-14/h7-10,14,17H,4-6,11-12H2,1-3H3. The molecule has 0 spiro atoms. The van der Waals surface area contributed by atoms with Crippen molar-refractivity contribution in [3.63, 3.8) is 0 Å². The molecule has 0 aliphatic carbocycles. The molecule has 1 aliphatic heterocycles. The average Bonchev–Trinajstić information content (AvgIpc) is 2.84. The van der Waals surface area contributed by atoms with Gasteiger partial charge in [0.15, 0.2) is 0 Å². The fourth-order valence-electron chi connectivity index (χ4n) is 2.82. The van der Waals surface area contributed by atoms with Crippen LogP contribution in [0.15, 0.2) is 24.3 Å². The Hall–Kier alpha value is -1.02. The zero-order chi connectivity index (χ0) is 13.0. The Labute approximate surface area is 111 Å². The van der Waals surface area contributed by atoms with Gasteiger partial charge in [-0.2, -0.15) is 0 Å². The van der Waals surface area contributed by atoms with Crippen LogP contribution in [0.5, 0.6) is 5.75 Å². The molecule has 100 valence electrons. The highest BCUT2D eigenvalue weighted by atomic mass is 16.5. The van der Waals surface area contributed by atoms with E-state index in [0.29, 0.717) is 6.10 Å². The van der Waals surface area contributed by atoms with Gasteiger partial charge in [-0.05, 0) is 30.9 Å². The van der Waals surface area contributed by atoms with Crippen LogP contribution >= 0.6 is 0 Å². The second-order valence-corrected chi connectivity index (χ2v) is 5.27. The molecule has 0 amide bonds. The lowest BCUT2D eigenvalue weighted by atomic mass is 9.89. The normalized spacial score (nSPS) is 18.5.